The summed E-state index contributed by atoms with van der Waals surface area (Å²) in [5.41, 5.74) is -6.55. The van der Waals surface area contributed by atoms with Crippen LogP contribution in [-0.2, 0) is 0 Å². The van der Waals surface area contributed by atoms with Crippen molar-refractivity contribution in [2.45, 2.75) is 13.8 Å². The molecule has 108 heavy (non-hydrogen) atoms. The van der Waals surface area contributed by atoms with Gasteiger partial charge in [0.2, 0.25) is 28.7 Å². The van der Waals surface area contributed by atoms with E-state index in [1.807, 2.05) is 0 Å². The summed E-state index contributed by atoms with van der Waals surface area (Å²) in [6.45, 7) is 2.48. The van der Waals surface area contributed by atoms with Crippen LogP contribution in [0.2, 0.25) is 0 Å². The molecule has 0 unspecified atom stereocenters. The average molecular weight is 1490 g/mol. The molecule has 0 aliphatic carbocycles. The first-order chi connectivity index (χ1) is 50.8. The normalized spacial score (nSPS) is 10.8. The number of phenols is 19. The molecule has 0 saturated carbocycles. The van der Waals surface area contributed by atoms with Gasteiger partial charge in [0.25, 0.3) is 0 Å². The molecule has 10 aromatic carbocycles. The lowest BCUT2D eigenvalue weighted by Crippen LogP contribution is -2.14. The standard InChI is InChI=1S/C71H46O37/c1-24-38(72)3-26(4-39(24)73)66(94)104-54-19-33(13-48(82)61(54)89)70(98)107-51-16-30(10-45(79)58(51)86)64(92)101-36-21-35(100-63(91)29-5-40(74)25(2)50(15-29)103-69(97)32-12-47(81)60(88)53(18-32)105-67(95)27-6-41(75)56(84)42(76)7-27)22-37(23-36)102-65(93)31-11-46(80)59(87)52(17-31)108-71(99)34-14-49(83)62(90)55(20-34)106-68(96)28-8-43(77)57(85)44(78)9-28/h3-23,72-90H,1-2H3. The molecule has 0 aromatic heterocycles. The molecular weight excluding hydrogens is 1440 g/mol. The Balaban J connectivity index is 0.935. The van der Waals surface area contributed by atoms with Crippen LogP contribution in [-0.4, -0.2) is 151 Å². The van der Waals surface area contributed by atoms with Crippen molar-refractivity contribution >= 4 is 53.7 Å². The van der Waals surface area contributed by atoms with E-state index in [1.165, 1.54) is 13.8 Å². The first-order valence-corrected chi connectivity index (χ1v) is 29.6. The first-order valence-electron chi connectivity index (χ1n) is 29.6. The number of hydrogen-bond acceptors (Lipinski definition) is 37. The highest BCUT2D eigenvalue weighted by molar-refractivity contribution is 6.01. The van der Waals surface area contributed by atoms with Crippen LogP contribution >= 0.6 is 0 Å². The van der Waals surface area contributed by atoms with Crippen molar-refractivity contribution in [2.75, 3.05) is 0 Å². The van der Waals surface area contributed by atoms with E-state index in [4.69, 9.17) is 42.6 Å². The van der Waals surface area contributed by atoms with Crippen molar-refractivity contribution in [1.29, 1.82) is 0 Å². The van der Waals surface area contributed by atoms with E-state index in [9.17, 15) is 140 Å². The van der Waals surface area contributed by atoms with E-state index in [0.717, 1.165) is 42.5 Å². The zero-order chi connectivity index (χ0) is 78.9. The third kappa shape index (κ3) is 15.7. The molecule has 0 bridgehead atoms. The van der Waals surface area contributed by atoms with Gasteiger partial charge in [-0.2, -0.15) is 0 Å². The number of carbonyl (C=O) groups excluding carboxylic acids is 9. The number of benzene rings is 10. The average Bonchev–Trinajstić information content (AvgIpc) is 0.807. The molecule has 0 fully saturated rings. The number of rotatable bonds is 18. The number of hydrogen-bond donors (Lipinski definition) is 19. The van der Waals surface area contributed by atoms with Crippen LogP contribution in [0.5, 0.6) is 161 Å². The van der Waals surface area contributed by atoms with Crippen molar-refractivity contribution in [3.8, 4) is 161 Å². The van der Waals surface area contributed by atoms with E-state index in [-0.39, 0.29) is 11.1 Å². The van der Waals surface area contributed by atoms with Gasteiger partial charge in [0.05, 0.1) is 50.1 Å². The summed E-state index contributed by atoms with van der Waals surface area (Å²) in [7, 11) is 0. The molecule has 0 amide bonds. The van der Waals surface area contributed by atoms with E-state index in [2.05, 4.69) is 0 Å². The molecular formula is C71H46O37. The molecule has 0 radical (unpaired) electrons. The van der Waals surface area contributed by atoms with Gasteiger partial charge in [-0.25, -0.2) is 43.2 Å². The van der Waals surface area contributed by atoms with Crippen LogP contribution in [0.1, 0.15) is 104 Å². The molecule has 0 atom stereocenters. The van der Waals surface area contributed by atoms with Gasteiger partial charge in [0, 0.05) is 29.3 Å². The molecule has 552 valence electrons. The maximum absolute atomic E-state index is 14.1. The van der Waals surface area contributed by atoms with Crippen molar-refractivity contribution in [3.05, 3.63) is 189 Å². The zero-order valence-electron chi connectivity index (χ0n) is 54.0. The van der Waals surface area contributed by atoms with Gasteiger partial charge in [0.1, 0.15) is 40.2 Å². The monoisotopic (exact) mass is 1490 g/mol. The minimum atomic E-state index is -1.59. The van der Waals surface area contributed by atoms with Gasteiger partial charge < -0.3 is 140 Å². The lowest BCUT2D eigenvalue weighted by atomic mass is 10.1. The van der Waals surface area contributed by atoms with Crippen molar-refractivity contribution < 1.29 is 183 Å². The first kappa shape index (κ1) is 74.3. The minimum Gasteiger partial charge on any atom is -0.508 e. The smallest absolute Gasteiger partial charge is 0.343 e. The van der Waals surface area contributed by atoms with Gasteiger partial charge in [-0.05, 0) is 123 Å². The Kier molecular flexibility index (Phi) is 20.2. The largest absolute Gasteiger partial charge is 0.508 e. The Morgan fingerprint density at radius 1 is 0.176 bits per heavy atom. The second-order valence-corrected chi connectivity index (χ2v) is 22.3. The number of aromatic hydroxyl groups is 19. The molecule has 0 heterocycles. The molecule has 10 aromatic rings. The Morgan fingerprint density at radius 3 is 0.537 bits per heavy atom. The summed E-state index contributed by atoms with van der Waals surface area (Å²) in [5.74, 6) is -40.8. The summed E-state index contributed by atoms with van der Waals surface area (Å²) in [4.78, 5) is 122. The lowest BCUT2D eigenvalue weighted by molar-refractivity contribution is 0.0698. The summed E-state index contributed by atoms with van der Waals surface area (Å²) < 4.78 is 47.4. The van der Waals surface area contributed by atoms with Gasteiger partial charge in [-0.1, -0.05) is 0 Å². The predicted octanol–water partition coefficient (Wildman–Crippen LogP) is 7.68. The number of esters is 9. The van der Waals surface area contributed by atoms with Crippen LogP contribution in [0.4, 0.5) is 0 Å². The van der Waals surface area contributed by atoms with Crippen LogP contribution < -0.4 is 42.6 Å². The van der Waals surface area contributed by atoms with Crippen LogP contribution in [0, 0.1) is 13.8 Å². The van der Waals surface area contributed by atoms with Gasteiger partial charge in [0.15, 0.2) is 92.0 Å². The van der Waals surface area contributed by atoms with E-state index in [1.54, 1.807) is 0 Å². The summed E-state index contributed by atoms with van der Waals surface area (Å²) in [6.07, 6.45) is 0. The van der Waals surface area contributed by atoms with Crippen LogP contribution in [0.15, 0.2) is 127 Å². The highest BCUT2D eigenvalue weighted by Crippen LogP contribution is 2.46. The molecule has 0 saturated heterocycles. The third-order valence-corrected chi connectivity index (χ3v) is 14.9. The number of carbonyl (C=O) groups is 9. The Morgan fingerprint density at radius 2 is 0.324 bits per heavy atom. The number of phenolic OH excluding ortho intramolecular Hbond substituents is 19. The third-order valence-electron chi connectivity index (χ3n) is 14.9. The molecule has 0 aliphatic rings. The molecule has 0 spiro atoms. The number of ether oxygens (including phenoxy) is 9. The van der Waals surface area contributed by atoms with E-state index >= 15 is 0 Å². The Hall–Kier alpha value is -16.4. The maximum atomic E-state index is 14.1. The maximum Gasteiger partial charge on any atom is 0.343 e. The molecule has 10 rings (SSSR count). The zero-order valence-corrected chi connectivity index (χ0v) is 54.0. The second-order valence-electron chi connectivity index (χ2n) is 22.3. The second kappa shape index (κ2) is 29.3. The van der Waals surface area contributed by atoms with Crippen LogP contribution in [0.25, 0.3) is 0 Å². The molecule has 0 aliphatic heterocycles. The summed E-state index contributed by atoms with van der Waals surface area (Å²) >= 11 is 0. The highest BCUT2D eigenvalue weighted by atomic mass is 16.6. The molecule has 37 heteroatoms. The Bertz CT molecular complexity index is 4920. The lowest BCUT2D eigenvalue weighted by Gasteiger charge is -2.14. The van der Waals surface area contributed by atoms with Gasteiger partial charge >= 0.3 is 53.7 Å². The van der Waals surface area contributed by atoms with Crippen LogP contribution in [0.3, 0.4) is 0 Å². The van der Waals surface area contributed by atoms with Crippen molar-refractivity contribution in [1.82, 2.24) is 0 Å². The van der Waals surface area contributed by atoms with Crippen molar-refractivity contribution in [2.24, 2.45) is 0 Å². The predicted molar refractivity (Wildman–Crippen MR) is 350 cm³/mol. The SMILES string of the molecule is Cc1c(O)cc(C(=O)Oc2cc(C(=O)Oc3cc(C(=O)Oc4cc(OC(=O)c5cc(O)c(C)c(OC(=O)c6cc(O)c(O)c(OC(=O)c7cc(O)c(O)c(O)c7)c6)c5)cc(OC(=O)c5cc(O)c(O)c(OC(=O)c6cc(O)c(O)c(OC(=O)c7cc(O)c(O)c(O)c7)c6)c5)c4)cc(O)c3O)cc(O)c2O)cc1O. The van der Waals surface area contributed by atoms with Gasteiger partial charge in [-0.3, -0.25) is 0 Å². The fourth-order valence-corrected chi connectivity index (χ4v) is 9.26. The summed E-state index contributed by atoms with van der Waals surface area (Å²) in [5, 5.41) is 196. The van der Waals surface area contributed by atoms with E-state index < -0.39 is 265 Å². The topological polar surface area (TPSA) is 621 Å². The fourth-order valence-electron chi connectivity index (χ4n) is 9.26. The molecule has 19 N–H and O–H groups in total. The van der Waals surface area contributed by atoms with Crippen molar-refractivity contribution in [3.63, 3.8) is 0 Å². The fraction of sp³-hybridized carbons (Fsp3) is 0.0282. The quantitative estimate of drug-likeness (QED) is 0.0222. The Labute approximate surface area is 598 Å². The molecule has 37 nitrogen and oxygen atoms in total. The van der Waals surface area contributed by atoms with E-state index in [0.29, 0.717) is 84.9 Å². The minimum absolute atomic E-state index is 0.0250. The summed E-state index contributed by atoms with van der Waals surface area (Å²) in [6, 6.07) is 14.1. The van der Waals surface area contributed by atoms with Gasteiger partial charge in [-0.15, -0.1) is 0 Å². The highest BCUT2D eigenvalue weighted by Gasteiger charge is 2.30.